The lowest BCUT2D eigenvalue weighted by Gasteiger charge is -2.32. The van der Waals surface area contributed by atoms with Crippen LogP contribution in [-0.4, -0.2) is 45.5 Å². The topological polar surface area (TPSA) is 95.6 Å². The van der Waals surface area contributed by atoms with Gasteiger partial charge in [-0.25, -0.2) is 4.39 Å². The number of carbonyl (C=O) groups excluding carboxylic acids is 3. The third-order valence-corrected chi connectivity index (χ3v) is 7.47. The van der Waals surface area contributed by atoms with Gasteiger partial charge in [0.15, 0.2) is 0 Å². The van der Waals surface area contributed by atoms with Gasteiger partial charge in [0.1, 0.15) is 23.4 Å². The van der Waals surface area contributed by atoms with Gasteiger partial charge in [0, 0.05) is 28.2 Å². The van der Waals surface area contributed by atoms with Crippen LogP contribution >= 0.6 is 0 Å². The largest absolute Gasteiger partial charge is 0.352 e. The second kappa shape index (κ2) is 12.8. The van der Waals surface area contributed by atoms with Gasteiger partial charge in [-0.2, -0.15) is 0 Å². The summed E-state index contributed by atoms with van der Waals surface area (Å²) in [7, 11) is -1.81. The summed E-state index contributed by atoms with van der Waals surface area (Å²) in [5, 5.41) is 5.62. The van der Waals surface area contributed by atoms with Crippen LogP contribution in [0.1, 0.15) is 50.2 Å². The molecular formula is C27H34FN3O4S. The molecule has 0 aromatic heterocycles. The van der Waals surface area contributed by atoms with Gasteiger partial charge in [0.2, 0.25) is 17.7 Å². The number of rotatable bonds is 9. The van der Waals surface area contributed by atoms with Gasteiger partial charge < -0.3 is 10.6 Å². The van der Waals surface area contributed by atoms with E-state index >= 15 is 0 Å². The summed E-state index contributed by atoms with van der Waals surface area (Å²) < 4.78 is 25.8. The van der Waals surface area contributed by atoms with Gasteiger partial charge in [-0.3, -0.25) is 23.5 Å². The molecular weight excluding hydrogens is 481 g/mol. The molecule has 2 aromatic carbocycles. The van der Waals surface area contributed by atoms with Crippen molar-refractivity contribution < 1.29 is 23.0 Å². The van der Waals surface area contributed by atoms with Crippen molar-refractivity contribution >= 4 is 39.9 Å². The highest BCUT2D eigenvalue weighted by Crippen LogP contribution is 2.25. The predicted octanol–water partition coefficient (Wildman–Crippen LogP) is 4.00. The summed E-state index contributed by atoms with van der Waals surface area (Å²) in [5.74, 6) is -2.54. The fourth-order valence-electron chi connectivity index (χ4n) is 4.36. The molecule has 0 radical (unpaired) electrons. The number of hydrogen-bond donors (Lipinski definition) is 2. The molecule has 9 heteroatoms. The zero-order valence-electron chi connectivity index (χ0n) is 21.0. The maximum absolute atomic E-state index is 13.4. The number of amides is 3. The maximum atomic E-state index is 13.4. The molecule has 2 unspecified atom stereocenters. The first-order valence-corrected chi connectivity index (χ1v) is 13.7. The Morgan fingerprint density at radius 1 is 1.03 bits per heavy atom. The molecule has 3 amide bonds. The highest BCUT2D eigenvalue weighted by Gasteiger charge is 2.31. The van der Waals surface area contributed by atoms with Crippen LogP contribution in [0.15, 0.2) is 42.5 Å². The molecule has 0 heterocycles. The zero-order chi connectivity index (χ0) is 26.2. The van der Waals surface area contributed by atoms with Gasteiger partial charge in [-0.15, -0.1) is 0 Å². The quantitative estimate of drug-likeness (QED) is 0.528. The normalized spacial score (nSPS) is 15.6. The van der Waals surface area contributed by atoms with Crippen LogP contribution in [0.4, 0.5) is 15.8 Å². The second-order valence-corrected chi connectivity index (χ2v) is 10.8. The Morgan fingerprint density at radius 3 is 2.36 bits per heavy atom. The highest BCUT2D eigenvalue weighted by molar-refractivity contribution is 7.86. The minimum Gasteiger partial charge on any atom is -0.352 e. The molecule has 1 aliphatic carbocycles. The smallest absolute Gasteiger partial charge is 0.243 e. The fraction of sp³-hybridized carbons (Fsp3) is 0.444. The lowest BCUT2D eigenvalue weighted by atomic mass is 9.95. The molecule has 7 nitrogen and oxygen atoms in total. The minimum atomic E-state index is -1.81. The van der Waals surface area contributed by atoms with E-state index in [1.54, 1.807) is 6.92 Å². The van der Waals surface area contributed by atoms with Gasteiger partial charge >= 0.3 is 0 Å². The van der Waals surface area contributed by atoms with Crippen molar-refractivity contribution in [2.75, 3.05) is 21.7 Å². The Morgan fingerprint density at radius 2 is 1.69 bits per heavy atom. The molecule has 36 heavy (non-hydrogen) atoms. The average Bonchev–Trinajstić information content (AvgIpc) is 2.83. The third kappa shape index (κ3) is 7.71. The number of aryl methyl sites for hydroxylation is 2. The molecule has 2 atom stereocenters. The molecule has 1 aliphatic rings. The Balaban J connectivity index is 1.72. The Labute approximate surface area is 214 Å². The number of nitrogens with one attached hydrogen (secondary N) is 2. The molecule has 2 N–H and O–H groups in total. The summed E-state index contributed by atoms with van der Waals surface area (Å²) in [4.78, 5) is 40.3. The van der Waals surface area contributed by atoms with E-state index in [0.717, 1.165) is 43.2 Å². The first kappa shape index (κ1) is 27.5. The summed E-state index contributed by atoms with van der Waals surface area (Å²) in [5.41, 5.74) is 2.69. The van der Waals surface area contributed by atoms with Crippen LogP contribution in [-0.2, 0) is 25.2 Å². The van der Waals surface area contributed by atoms with Crippen LogP contribution < -0.4 is 15.5 Å². The monoisotopic (exact) mass is 515 g/mol. The standard InChI is InChI=1S/C27H34FN3O4S/c1-18-9-10-19(2)24(15-18)31(20(3)27(34)30-22-7-5-4-6-8-22)26(33)17-36(35)16-25(32)29-23-13-11-21(28)12-14-23/h9-15,20,22H,4-8,16-17H2,1-3H3,(H,29,32)(H,30,34). The molecule has 1 fully saturated rings. The lowest BCUT2D eigenvalue weighted by molar-refractivity contribution is -0.126. The van der Waals surface area contributed by atoms with Crippen molar-refractivity contribution in [3.8, 4) is 0 Å². The fourth-order valence-corrected chi connectivity index (χ4v) is 5.24. The average molecular weight is 516 g/mol. The second-order valence-electron chi connectivity index (χ2n) is 9.36. The van der Waals surface area contributed by atoms with Crippen LogP contribution in [0, 0.1) is 19.7 Å². The number of carbonyl (C=O) groups is 3. The molecule has 0 bridgehead atoms. The Kier molecular flexibility index (Phi) is 9.75. The highest BCUT2D eigenvalue weighted by atomic mass is 32.2. The first-order chi connectivity index (χ1) is 17.1. The van der Waals surface area contributed by atoms with Crippen LogP contribution in [0.2, 0.25) is 0 Å². The van der Waals surface area contributed by atoms with Crippen molar-refractivity contribution in [3.05, 3.63) is 59.4 Å². The number of nitrogens with zero attached hydrogens (tertiary/aromatic N) is 1. The summed E-state index contributed by atoms with van der Waals surface area (Å²) in [6, 6.07) is 10.1. The van der Waals surface area contributed by atoms with E-state index in [0.29, 0.717) is 11.4 Å². The third-order valence-electron chi connectivity index (χ3n) is 6.32. The van der Waals surface area contributed by atoms with E-state index in [4.69, 9.17) is 0 Å². The van der Waals surface area contributed by atoms with Crippen LogP contribution in [0.3, 0.4) is 0 Å². The van der Waals surface area contributed by atoms with E-state index in [1.807, 2.05) is 32.0 Å². The van der Waals surface area contributed by atoms with Crippen molar-refractivity contribution in [1.29, 1.82) is 0 Å². The van der Waals surface area contributed by atoms with Gasteiger partial charge in [0.25, 0.3) is 0 Å². The zero-order valence-corrected chi connectivity index (χ0v) is 21.8. The molecule has 1 saturated carbocycles. The molecule has 0 saturated heterocycles. The first-order valence-electron chi connectivity index (χ1n) is 12.2. The minimum absolute atomic E-state index is 0.0912. The molecule has 0 spiro atoms. The van der Waals surface area contributed by atoms with Gasteiger partial charge in [-0.1, -0.05) is 31.4 Å². The number of halogens is 1. The summed E-state index contributed by atoms with van der Waals surface area (Å²) >= 11 is 0. The van der Waals surface area contributed by atoms with E-state index in [1.165, 1.54) is 29.2 Å². The predicted molar refractivity (Wildman–Crippen MR) is 141 cm³/mol. The van der Waals surface area contributed by atoms with Gasteiger partial charge in [-0.05, 0) is 75.1 Å². The summed E-state index contributed by atoms with van der Waals surface area (Å²) in [6.45, 7) is 5.42. The van der Waals surface area contributed by atoms with Crippen molar-refractivity contribution in [2.24, 2.45) is 0 Å². The van der Waals surface area contributed by atoms with Crippen molar-refractivity contribution in [1.82, 2.24) is 5.32 Å². The van der Waals surface area contributed by atoms with Gasteiger partial charge in [0.05, 0.1) is 0 Å². The van der Waals surface area contributed by atoms with Crippen molar-refractivity contribution in [2.45, 2.75) is 65.0 Å². The molecule has 2 aromatic rings. The lowest BCUT2D eigenvalue weighted by Crippen LogP contribution is -2.52. The van der Waals surface area contributed by atoms with E-state index in [-0.39, 0.29) is 11.9 Å². The summed E-state index contributed by atoms with van der Waals surface area (Å²) in [6.07, 6.45) is 5.14. The molecule has 194 valence electrons. The molecule has 3 rings (SSSR count). The van der Waals surface area contributed by atoms with E-state index in [2.05, 4.69) is 10.6 Å². The number of hydrogen-bond acceptors (Lipinski definition) is 4. The SMILES string of the molecule is Cc1ccc(C)c(N(C(=O)CS(=O)CC(=O)Nc2ccc(F)cc2)C(C)C(=O)NC2CCCCC2)c1. The number of anilines is 2. The van der Waals surface area contributed by atoms with Crippen LogP contribution in [0.25, 0.3) is 0 Å². The van der Waals surface area contributed by atoms with E-state index < -0.39 is 46.0 Å². The number of benzene rings is 2. The Bertz CT molecular complexity index is 1120. The molecule has 0 aliphatic heterocycles. The van der Waals surface area contributed by atoms with Crippen LogP contribution in [0.5, 0.6) is 0 Å². The maximum Gasteiger partial charge on any atom is 0.243 e. The Hall–Kier alpha value is -3.07. The van der Waals surface area contributed by atoms with E-state index in [9.17, 15) is 23.0 Å². The van der Waals surface area contributed by atoms with Crippen molar-refractivity contribution in [3.63, 3.8) is 0 Å².